The first-order valence-electron chi connectivity index (χ1n) is 12.4. The van der Waals surface area contributed by atoms with Gasteiger partial charge in [0.05, 0.1) is 31.3 Å². The highest BCUT2D eigenvalue weighted by Gasteiger charge is 2.28. The lowest BCUT2D eigenvalue weighted by Crippen LogP contribution is -2.55. The number of carbonyl (C=O) groups is 1. The number of aryl methyl sites for hydroxylation is 1. The predicted octanol–water partition coefficient (Wildman–Crippen LogP) is 4.81. The normalized spacial score (nSPS) is 14.7. The van der Waals surface area contributed by atoms with Gasteiger partial charge in [0.2, 0.25) is 0 Å². The van der Waals surface area contributed by atoms with Crippen molar-refractivity contribution in [2.45, 2.75) is 70.1 Å². The highest BCUT2D eigenvalue weighted by atomic mass is 127. The second kappa shape index (κ2) is 18.1. The first-order valence-corrected chi connectivity index (χ1v) is 14.9. The Labute approximate surface area is 225 Å². The first kappa shape index (κ1) is 31.8. The number of esters is 1. The Balaban J connectivity index is 0.000000462. The average molecular weight is 622 g/mol. The van der Waals surface area contributed by atoms with Crippen LogP contribution in [0.25, 0.3) is 0 Å². The number of benzene rings is 1. The van der Waals surface area contributed by atoms with E-state index in [4.69, 9.17) is 9.47 Å². The standard InChI is InChI=1S/C19H33INO3.C7H8O3S/c1-2-3-4-8-16-24-19(22)10-6-5-7-12-21(13-9-11-20)14-17-23-18-15-21;1-6-2-4-7(5-3-6)11(8,9)10/h2-8,10,12-18H2,1H3;2-5H,1H3,(H,8,9,10)/q+1;/p-1. The van der Waals surface area contributed by atoms with Crippen LogP contribution in [0.5, 0.6) is 0 Å². The predicted molar refractivity (Wildman–Crippen MR) is 145 cm³/mol. The molecule has 0 atom stereocenters. The van der Waals surface area contributed by atoms with Gasteiger partial charge in [0.1, 0.15) is 29.8 Å². The lowest BCUT2D eigenvalue weighted by Gasteiger charge is -2.40. The summed E-state index contributed by atoms with van der Waals surface area (Å²) in [6.07, 6.45) is 8.32. The highest BCUT2D eigenvalue weighted by molar-refractivity contribution is 14.1. The third-order valence-corrected chi connectivity index (χ3v) is 7.22. The van der Waals surface area contributed by atoms with Gasteiger partial charge in [-0.3, -0.25) is 4.79 Å². The van der Waals surface area contributed by atoms with Crippen LogP contribution in [-0.2, 0) is 24.4 Å². The Morgan fingerprint density at radius 1 is 1.09 bits per heavy atom. The summed E-state index contributed by atoms with van der Waals surface area (Å²) in [5.74, 6) is 3.20. The quantitative estimate of drug-likeness (QED) is 0.0784. The van der Waals surface area contributed by atoms with Crippen LogP contribution in [0.2, 0.25) is 0 Å². The molecule has 0 saturated carbocycles. The minimum Gasteiger partial charge on any atom is -0.744 e. The van der Waals surface area contributed by atoms with Gasteiger partial charge in [-0.25, -0.2) is 8.42 Å². The van der Waals surface area contributed by atoms with Gasteiger partial charge in [0.25, 0.3) is 0 Å². The van der Waals surface area contributed by atoms with Gasteiger partial charge in [0, 0.05) is 29.0 Å². The van der Waals surface area contributed by atoms with Crippen LogP contribution in [0.3, 0.4) is 0 Å². The molecule has 1 fully saturated rings. The van der Waals surface area contributed by atoms with Crippen LogP contribution in [0, 0.1) is 16.8 Å². The van der Waals surface area contributed by atoms with E-state index >= 15 is 0 Å². The van der Waals surface area contributed by atoms with Crippen LogP contribution in [0.15, 0.2) is 29.2 Å². The van der Waals surface area contributed by atoms with Gasteiger partial charge in [-0.1, -0.05) is 43.9 Å². The fourth-order valence-corrected chi connectivity index (χ4v) is 4.41. The molecule has 2 rings (SSSR count). The Hall–Kier alpha value is -1.19. The zero-order valence-corrected chi connectivity index (χ0v) is 24.1. The maximum Gasteiger partial charge on any atom is 0.305 e. The van der Waals surface area contributed by atoms with Gasteiger partial charge in [-0.2, -0.15) is 0 Å². The molecule has 198 valence electrons. The van der Waals surface area contributed by atoms with Crippen molar-refractivity contribution in [3.05, 3.63) is 29.8 Å². The van der Waals surface area contributed by atoms with Crippen molar-refractivity contribution in [2.24, 2.45) is 0 Å². The van der Waals surface area contributed by atoms with Crippen molar-refractivity contribution < 1.29 is 31.7 Å². The smallest absolute Gasteiger partial charge is 0.305 e. The minimum absolute atomic E-state index is 0.0300. The van der Waals surface area contributed by atoms with Gasteiger partial charge in [0.15, 0.2) is 0 Å². The molecular formula is C26H40INO6S. The van der Waals surface area contributed by atoms with E-state index in [1.54, 1.807) is 12.1 Å². The summed E-state index contributed by atoms with van der Waals surface area (Å²) in [6.45, 7) is 10.5. The zero-order valence-electron chi connectivity index (χ0n) is 21.1. The average Bonchev–Trinajstić information content (AvgIpc) is 2.83. The number of unbranched alkanes of at least 4 members (excludes halogenated alkanes) is 5. The number of morpholine rings is 1. The number of halogens is 1. The molecule has 9 heteroatoms. The van der Waals surface area contributed by atoms with E-state index in [-0.39, 0.29) is 10.9 Å². The van der Waals surface area contributed by atoms with Crippen LogP contribution in [0.4, 0.5) is 0 Å². The Morgan fingerprint density at radius 2 is 1.74 bits per heavy atom. The molecular weight excluding hydrogens is 581 g/mol. The molecule has 1 aromatic carbocycles. The summed E-state index contributed by atoms with van der Waals surface area (Å²) in [7, 11) is -4.27. The fourth-order valence-electron chi connectivity index (χ4n) is 3.77. The van der Waals surface area contributed by atoms with Crippen molar-refractivity contribution in [3.8, 4) is 9.85 Å². The molecule has 0 aliphatic carbocycles. The molecule has 1 saturated heterocycles. The van der Waals surface area contributed by atoms with E-state index in [0.717, 1.165) is 81.5 Å². The lowest BCUT2D eigenvalue weighted by molar-refractivity contribution is -0.928. The molecule has 35 heavy (non-hydrogen) atoms. The topological polar surface area (TPSA) is 92.7 Å². The van der Waals surface area contributed by atoms with Crippen molar-refractivity contribution in [2.75, 3.05) is 46.0 Å². The second-order valence-corrected chi connectivity index (χ2v) is 10.8. The number of carbonyl (C=O) groups excluding carboxylic acids is 1. The molecule has 0 N–H and O–H groups in total. The van der Waals surface area contributed by atoms with Gasteiger partial charge in [-0.05, 0) is 54.6 Å². The van der Waals surface area contributed by atoms with Crippen LogP contribution >= 0.6 is 22.6 Å². The van der Waals surface area contributed by atoms with E-state index in [0.29, 0.717) is 13.0 Å². The number of ether oxygens (including phenoxy) is 2. The van der Waals surface area contributed by atoms with E-state index in [2.05, 4.69) is 39.4 Å². The van der Waals surface area contributed by atoms with E-state index in [9.17, 15) is 17.8 Å². The van der Waals surface area contributed by atoms with Crippen molar-refractivity contribution >= 4 is 38.7 Å². The number of hydrogen-bond donors (Lipinski definition) is 0. The largest absolute Gasteiger partial charge is 0.744 e. The molecule has 0 amide bonds. The van der Waals surface area contributed by atoms with E-state index in [1.165, 1.54) is 25.0 Å². The number of rotatable bonds is 13. The summed E-state index contributed by atoms with van der Waals surface area (Å²) in [5, 5.41) is 0. The van der Waals surface area contributed by atoms with Gasteiger partial charge in [-0.15, -0.1) is 0 Å². The zero-order chi connectivity index (χ0) is 26.0. The van der Waals surface area contributed by atoms with E-state index in [1.807, 2.05) is 6.92 Å². The summed E-state index contributed by atoms with van der Waals surface area (Å²) in [6, 6.07) is 5.78. The molecule has 0 bridgehead atoms. The third-order valence-electron chi connectivity index (χ3n) is 5.99. The molecule has 1 aliphatic heterocycles. The minimum atomic E-state index is -4.27. The maximum absolute atomic E-state index is 11.7. The monoisotopic (exact) mass is 621 g/mol. The molecule has 0 aromatic heterocycles. The lowest BCUT2D eigenvalue weighted by atomic mass is 10.1. The van der Waals surface area contributed by atoms with E-state index < -0.39 is 10.1 Å². The Bertz CT molecular complexity index is 887. The summed E-state index contributed by atoms with van der Waals surface area (Å²) in [4.78, 5) is 11.5. The van der Waals surface area contributed by atoms with Crippen LogP contribution in [-0.4, -0.2) is 69.4 Å². The fraction of sp³-hybridized carbons (Fsp3) is 0.654. The molecule has 1 heterocycles. The molecule has 7 nitrogen and oxygen atoms in total. The van der Waals surface area contributed by atoms with Crippen LogP contribution < -0.4 is 0 Å². The van der Waals surface area contributed by atoms with Gasteiger partial charge < -0.3 is 18.5 Å². The number of hydrogen-bond acceptors (Lipinski definition) is 6. The molecule has 0 unspecified atom stereocenters. The third kappa shape index (κ3) is 14.8. The van der Waals surface area contributed by atoms with Gasteiger partial charge >= 0.3 is 5.97 Å². The molecule has 1 aromatic rings. The number of nitrogens with zero attached hydrogens (tertiary/aromatic N) is 1. The second-order valence-electron chi connectivity index (χ2n) is 8.91. The summed E-state index contributed by atoms with van der Waals surface area (Å²) >= 11 is 2.11. The summed E-state index contributed by atoms with van der Waals surface area (Å²) in [5.41, 5.74) is 0.928. The first-order chi connectivity index (χ1) is 16.7. The molecule has 0 radical (unpaired) electrons. The molecule has 1 aliphatic rings. The Morgan fingerprint density at radius 3 is 2.34 bits per heavy atom. The summed E-state index contributed by atoms with van der Waals surface area (Å²) < 4.78 is 46.0. The molecule has 0 spiro atoms. The van der Waals surface area contributed by atoms with Crippen LogP contribution in [0.1, 0.15) is 63.9 Å². The van der Waals surface area contributed by atoms with Crippen molar-refractivity contribution in [1.29, 1.82) is 0 Å². The maximum atomic E-state index is 11.7. The number of quaternary nitrogens is 1. The Kier molecular flexibility index (Phi) is 16.5. The highest BCUT2D eigenvalue weighted by Crippen LogP contribution is 2.14. The van der Waals surface area contributed by atoms with Crippen molar-refractivity contribution in [3.63, 3.8) is 0 Å². The van der Waals surface area contributed by atoms with Crippen molar-refractivity contribution in [1.82, 2.24) is 0 Å². The SMILES string of the molecule is CCCCCCOC(=O)CCCCC[N+]1(CC#CI)CCOCC1.Cc1ccc(S(=O)(=O)[O-])cc1.